The first-order valence-electron chi connectivity index (χ1n) is 10.3. The van der Waals surface area contributed by atoms with Gasteiger partial charge in [0.25, 0.3) is 0 Å². The van der Waals surface area contributed by atoms with Gasteiger partial charge in [0.2, 0.25) is 0 Å². The molecule has 32 heavy (non-hydrogen) atoms. The van der Waals surface area contributed by atoms with Crippen molar-refractivity contribution in [2.75, 3.05) is 0 Å². The zero-order valence-electron chi connectivity index (χ0n) is 17.4. The molecule has 0 aliphatic heterocycles. The second kappa shape index (κ2) is 8.84. The highest BCUT2D eigenvalue weighted by Crippen LogP contribution is 2.32. The fourth-order valence-corrected chi connectivity index (χ4v) is 3.87. The number of fused-ring (bicyclic) bond motifs is 1. The highest BCUT2D eigenvalue weighted by atomic mass is 19.1. The van der Waals surface area contributed by atoms with E-state index in [0.29, 0.717) is 52.3 Å². The Labute approximate surface area is 183 Å². The first kappa shape index (κ1) is 21.6. The van der Waals surface area contributed by atoms with Gasteiger partial charge in [-0.05, 0) is 77.2 Å². The minimum atomic E-state index is -0.645. The van der Waals surface area contributed by atoms with Crippen molar-refractivity contribution in [3.05, 3.63) is 106 Å². The number of nitriles is 1. The maximum atomic E-state index is 15.1. The standard InChI is InChI=1S/C27H19F4N/c1-2-16-11-24(29)26(25(30)12-16)20-9-10-22-19(14-20)8-7-18(27(22)31)5-3-17-4-6-21(15-32)23(28)13-17/h4,6-14H,2-3,5H2,1H3. The van der Waals surface area contributed by atoms with E-state index < -0.39 is 23.3 Å². The molecule has 160 valence electrons. The van der Waals surface area contributed by atoms with Crippen LogP contribution in [0.1, 0.15) is 29.2 Å². The normalized spacial score (nSPS) is 11.0. The summed E-state index contributed by atoms with van der Waals surface area (Å²) in [5.41, 5.74) is 1.88. The second-order valence-corrected chi connectivity index (χ2v) is 7.69. The van der Waals surface area contributed by atoms with Crippen molar-refractivity contribution in [2.45, 2.75) is 26.2 Å². The molecule has 4 aromatic rings. The van der Waals surface area contributed by atoms with Crippen LogP contribution in [0.5, 0.6) is 0 Å². The molecule has 4 rings (SSSR count). The van der Waals surface area contributed by atoms with Gasteiger partial charge in [0.05, 0.1) is 11.1 Å². The van der Waals surface area contributed by atoms with Crippen LogP contribution in [0.15, 0.2) is 60.7 Å². The van der Waals surface area contributed by atoms with Crippen LogP contribution in [0, 0.1) is 34.6 Å². The van der Waals surface area contributed by atoms with Crippen molar-refractivity contribution in [3.8, 4) is 17.2 Å². The molecule has 0 bridgehead atoms. The van der Waals surface area contributed by atoms with Gasteiger partial charge >= 0.3 is 0 Å². The highest BCUT2D eigenvalue weighted by Gasteiger charge is 2.15. The first-order chi connectivity index (χ1) is 15.4. The number of benzene rings is 4. The number of rotatable bonds is 5. The van der Waals surface area contributed by atoms with E-state index >= 15 is 4.39 Å². The predicted molar refractivity (Wildman–Crippen MR) is 117 cm³/mol. The van der Waals surface area contributed by atoms with Gasteiger partial charge in [-0.2, -0.15) is 5.26 Å². The first-order valence-corrected chi connectivity index (χ1v) is 10.3. The molecule has 0 radical (unpaired) electrons. The van der Waals surface area contributed by atoms with Gasteiger partial charge < -0.3 is 0 Å². The third kappa shape index (κ3) is 4.09. The van der Waals surface area contributed by atoms with E-state index in [0.717, 1.165) is 0 Å². The Morgan fingerprint density at radius 3 is 2.12 bits per heavy atom. The van der Waals surface area contributed by atoms with E-state index in [9.17, 15) is 13.2 Å². The molecule has 0 aliphatic rings. The van der Waals surface area contributed by atoms with Gasteiger partial charge in [0.15, 0.2) is 0 Å². The SMILES string of the molecule is CCc1cc(F)c(-c2ccc3c(F)c(CCc4ccc(C#N)c(F)c4)ccc3c2)c(F)c1. The molecule has 0 N–H and O–H groups in total. The van der Waals surface area contributed by atoms with E-state index in [2.05, 4.69) is 0 Å². The third-order valence-corrected chi connectivity index (χ3v) is 5.67. The van der Waals surface area contributed by atoms with Crippen LogP contribution in [-0.2, 0) is 19.3 Å². The zero-order valence-corrected chi connectivity index (χ0v) is 17.4. The number of nitrogens with zero attached hydrogens (tertiary/aromatic N) is 1. The molecule has 5 heteroatoms. The van der Waals surface area contributed by atoms with Crippen LogP contribution >= 0.6 is 0 Å². The van der Waals surface area contributed by atoms with Gasteiger partial charge in [-0.3, -0.25) is 0 Å². The fourth-order valence-electron chi connectivity index (χ4n) is 3.87. The highest BCUT2D eigenvalue weighted by molar-refractivity contribution is 5.88. The van der Waals surface area contributed by atoms with Crippen molar-refractivity contribution in [2.24, 2.45) is 0 Å². The Hall–Kier alpha value is -3.65. The van der Waals surface area contributed by atoms with E-state index in [1.165, 1.54) is 36.4 Å². The summed E-state index contributed by atoms with van der Waals surface area (Å²) in [5, 5.41) is 9.70. The smallest absolute Gasteiger partial charge is 0.141 e. The van der Waals surface area contributed by atoms with Crippen molar-refractivity contribution in [1.29, 1.82) is 5.26 Å². The molecule has 0 spiro atoms. The third-order valence-electron chi connectivity index (χ3n) is 5.67. The molecule has 0 atom stereocenters. The Bertz CT molecular complexity index is 1350. The number of hydrogen-bond donors (Lipinski definition) is 0. The summed E-state index contributed by atoms with van der Waals surface area (Å²) in [6.45, 7) is 1.82. The van der Waals surface area contributed by atoms with Crippen LogP contribution in [0.3, 0.4) is 0 Å². The molecule has 0 saturated heterocycles. The quantitative estimate of drug-likeness (QED) is 0.303. The van der Waals surface area contributed by atoms with E-state index in [1.807, 2.05) is 6.92 Å². The van der Waals surface area contributed by atoms with Crippen LogP contribution < -0.4 is 0 Å². The Balaban J connectivity index is 1.63. The van der Waals surface area contributed by atoms with Gasteiger partial charge in [-0.25, -0.2) is 17.6 Å². The van der Waals surface area contributed by atoms with Crippen molar-refractivity contribution in [3.63, 3.8) is 0 Å². The lowest BCUT2D eigenvalue weighted by Crippen LogP contribution is -1.98. The summed E-state index contributed by atoms with van der Waals surface area (Å²) in [4.78, 5) is 0. The molecular weight excluding hydrogens is 414 g/mol. The predicted octanol–water partition coefficient (Wildman–Crippen LogP) is 7.28. The van der Waals surface area contributed by atoms with E-state index in [4.69, 9.17) is 5.26 Å². The molecule has 0 unspecified atom stereocenters. The summed E-state index contributed by atoms with van der Waals surface area (Å²) in [6, 6.07) is 16.7. The van der Waals surface area contributed by atoms with Crippen molar-refractivity contribution >= 4 is 10.8 Å². The topological polar surface area (TPSA) is 23.8 Å². The van der Waals surface area contributed by atoms with E-state index in [-0.39, 0.29) is 11.1 Å². The molecule has 0 saturated carbocycles. The lowest BCUT2D eigenvalue weighted by atomic mass is 9.96. The average Bonchev–Trinajstić information content (AvgIpc) is 2.78. The van der Waals surface area contributed by atoms with Gasteiger partial charge in [-0.1, -0.05) is 37.3 Å². The summed E-state index contributed by atoms with van der Waals surface area (Å²) in [5.74, 6) is -2.30. The van der Waals surface area contributed by atoms with Crippen molar-refractivity contribution < 1.29 is 17.6 Å². The molecule has 0 fully saturated rings. The molecule has 0 amide bonds. The Morgan fingerprint density at radius 2 is 1.47 bits per heavy atom. The van der Waals surface area contributed by atoms with Gasteiger partial charge in [0.1, 0.15) is 29.3 Å². The van der Waals surface area contributed by atoms with E-state index in [1.54, 1.807) is 30.3 Å². The second-order valence-electron chi connectivity index (χ2n) is 7.69. The molecule has 0 heterocycles. The van der Waals surface area contributed by atoms with Crippen LogP contribution in [0.4, 0.5) is 17.6 Å². The van der Waals surface area contributed by atoms with Gasteiger partial charge in [0, 0.05) is 5.39 Å². The fraction of sp³-hybridized carbons (Fsp3) is 0.148. The molecular formula is C27H19F4N. The molecule has 0 aliphatic carbocycles. The minimum Gasteiger partial charge on any atom is -0.206 e. The summed E-state index contributed by atoms with van der Waals surface area (Å²) < 4.78 is 57.9. The van der Waals surface area contributed by atoms with Crippen LogP contribution in [-0.4, -0.2) is 0 Å². The van der Waals surface area contributed by atoms with Gasteiger partial charge in [-0.15, -0.1) is 0 Å². The largest absolute Gasteiger partial charge is 0.206 e. The van der Waals surface area contributed by atoms with Crippen LogP contribution in [0.2, 0.25) is 0 Å². The zero-order chi connectivity index (χ0) is 22.8. The van der Waals surface area contributed by atoms with Crippen LogP contribution in [0.25, 0.3) is 21.9 Å². The average molecular weight is 433 g/mol. The number of hydrogen-bond acceptors (Lipinski definition) is 1. The minimum absolute atomic E-state index is 0.0290. The van der Waals surface area contributed by atoms with Crippen molar-refractivity contribution in [1.82, 2.24) is 0 Å². The molecule has 4 aromatic carbocycles. The Morgan fingerprint density at radius 1 is 0.750 bits per heavy atom. The number of aryl methyl sites for hydroxylation is 3. The summed E-state index contributed by atoms with van der Waals surface area (Å²) in [7, 11) is 0. The monoisotopic (exact) mass is 433 g/mol. The molecule has 0 aromatic heterocycles. The lowest BCUT2D eigenvalue weighted by molar-refractivity contribution is 0.586. The maximum Gasteiger partial charge on any atom is 0.141 e. The lowest BCUT2D eigenvalue weighted by Gasteiger charge is -2.11. The Kier molecular flexibility index (Phi) is 5.96. The maximum absolute atomic E-state index is 15.1. The molecule has 1 nitrogen and oxygen atoms in total. The summed E-state index contributed by atoms with van der Waals surface area (Å²) in [6.07, 6.45) is 1.27. The number of halogens is 4. The summed E-state index contributed by atoms with van der Waals surface area (Å²) >= 11 is 0.